The van der Waals surface area contributed by atoms with Crippen LogP contribution in [0.3, 0.4) is 0 Å². The second-order valence-corrected chi connectivity index (χ2v) is 6.04. The molecule has 1 nitrogen and oxygen atoms in total. The van der Waals surface area contributed by atoms with Crippen molar-refractivity contribution < 1.29 is 17.9 Å². The molecule has 0 radical (unpaired) electrons. The van der Waals surface area contributed by atoms with Crippen molar-refractivity contribution >= 4 is 0 Å². The van der Waals surface area contributed by atoms with E-state index in [0.29, 0.717) is 11.1 Å². The van der Waals surface area contributed by atoms with Gasteiger partial charge in [-0.3, -0.25) is 0 Å². The molecule has 3 aromatic carbocycles. The zero-order chi connectivity index (χ0) is 18.5. The smallest absolute Gasteiger partial charge is 0.387 e. The summed E-state index contributed by atoms with van der Waals surface area (Å²) >= 11 is 0. The van der Waals surface area contributed by atoms with Crippen molar-refractivity contribution in [3.05, 3.63) is 78.1 Å². The average molecular weight is 356 g/mol. The fraction of sp³-hybridized carbons (Fsp3) is 0.182. The average Bonchev–Trinajstić information content (AvgIpc) is 2.63. The third-order valence-electron chi connectivity index (χ3n) is 4.19. The van der Waals surface area contributed by atoms with Crippen molar-refractivity contribution in [2.75, 3.05) is 0 Å². The van der Waals surface area contributed by atoms with Gasteiger partial charge in [0.25, 0.3) is 0 Å². The first kappa shape index (κ1) is 18.1. The molecular formula is C22H19F3O. The minimum Gasteiger partial charge on any atom is -0.435 e. The molecule has 0 aliphatic rings. The summed E-state index contributed by atoms with van der Waals surface area (Å²) in [6.45, 7) is -0.741. The summed E-state index contributed by atoms with van der Waals surface area (Å²) in [5, 5.41) is 0. The highest BCUT2D eigenvalue weighted by atomic mass is 19.3. The Morgan fingerprint density at radius 2 is 1.42 bits per heavy atom. The normalized spacial score (nSPS) is 11.0. The van der Waals surface area contributed by atoms with E-state index in [4.69, 9.17) is 0 Å². The van der Waals surface area contributed by atoms with Crippen LogP contribution in [0.15, 0.2) is 66.7 Å². The molecule has 0 amide bonds. The van der Waals surface area contributed by atoms with Gasteiger partial charge in [-0.15, -0.1) is 0 Å². The van der Waals surface area contributed by atoms with Crippen molar-refractivity contribution in [2.24, 2.45) is 0 Å². The number of rotatable bonds is 6. The largest absolute Gasteiger partial charge is 0.435 e. The zero-order valence-electron chi connectivity index (χ0n) is 14.4. The van der Waals surface area contributed by atoms with Crippen LogP contribution in [0.5, 0.6) is 5.75 Å². The van der Waals surface area contributed by atoms with Crippen LogP contribution in [-0.2, 0) is 6.42 Å². The van der Waals surface area contributed by atoms with E-state index >= 15 is 0 Å². The first-order valence-corrected chi connectivity index (χ1v) is 8.51. The minimum absolute atomic E-state index is 0.0490. The number of aryl methyl sites for hydroxylation is 1. The second kappa shape index (κ2) is 8.09. The van der Waals surface area contributed by atoms with E-state index in [9.17, 15) is 13.2 Å². The molecule has 0 heterocycles. The number of halogens is 3. The summed E-state index contributed by atoms with van der Waals surface area (Å²) in [6, 6.07) is 19.1. The van der Waals surface area contributed by atoms with E-state index in [-0.39, 0.29) is 11.6 Å². The van der Waals surface area contributed by atoms with Crippen LogP contribution in [0.25, 0.3) is 22.3 Å². The van der Waals surface area contributed by atoms with Crippen molar-refractivity contribution in [3.8, 4) is 28.0 Å². The topological polar surface area (TPSA) is 9.23 Å². The predicted molar refractivity (Wildman–Crippen MR) is 97.9 cm³/mol. The van der Waals surface area contributed by atoms with Gasteiger partial charge in [0.05, 0.1) is 0 Å². The number of benzene rings is 3. The summed E-state index contributed by atoms with van der Waals surface area (Å²) in [7, 11) is 0. The molecule has 3 rings (SSSR count). The number of hydrogen-bond donors (Lipinski definition) is 0. The van der Waals surface area contributed by atoms with Crippen molar-refractivity contribution in [2.45, 2.75) is 26.4 Å². The van der Waals surface area contributed by atoms with Crippen LogP contribution in [0, 0.1) is 5.82 Å². The molecule has 4 heteroatoms. The van der Waals surface area contributed by atoms with Crippen molar-refractivity contribution in [1.29, 1.82) is 0 Å². The molecule has 0 aliphatic carbocycles. The summed E-state index contributed by atoms with van der Waals surface area (Å²) in [5.74, 6) is -0.310. The highest BCUT2D eigenvalue weighted by Gasteiger charge is 2.09. The molecule has 0 bridgehead atoms. The van der Waals surface area contributed by atoms with Crippen LogP contribution in [0.2, 0.25) is 0 Å². The van der Waals surface area contributed by atoms with Gasteiger partial charge in [0, 0.05) is 5.56 Å². The van der Waals surface area contributed by atoms with Crippen LogP contribution in [0.1, 0.15) is 18.9 Å². The van der Waals surface area contributed by atoms with Gasteiger partial charge in [-0.2, -0.15) is 8.78 Å². The molecule has 0 aromatic heterocycles. The number of alkyl halides is 2. The SMILES string of the molecule is CCCc1ccc(-c2ccc(-c3ccc(OC(F)F)cc3)c(F)c2)cc1. The first-order chi connectivity index (χ1) is 12.6. The third kappa shape index (κ3) is 4.26. The minimum atomic E-state index is -2.87. The molecule has 0 N–H and O–H groups in total. The van der Waals surface area contributed by atoms with Gasteiger partial charge in [0.2, 0.25) is 0 Å². The standard InChI is InChI=1S/C22H19F3O/c1-2-3-15-4-6-16(7-5-15)18-10-13-20(21(23)14-18)17-8-11-19(12-9-17)26-22(24)25/h4-14,22H,2-3H2,1H3. The lowest BCUT2D eigenvalue weighted by Gasteiger charge is -2.09. The molecular weight excluding hydrogens is 337 g/mol. The fourth-order valence-electron chi connectivity index (χ4n) is 2.90. The van der Waals surface area contributed by atoms with Gasteiger partial charge in [0.1, 0.15) is 11.6 Å². The van der Waals surface area contributed by atoms with Crippen LogP contribution in [0.4, 0.5) is 13.2 Å². The summed E-state index contributed by atoms with van der Waals surface area (Å²) in [4.78, 5) is 0. The lowest BCUT2D eigenvalue weighted by atomic mass is 9.98. The molecule has 134 valence electrons. The number of hydrogen-bond acceptors (Lipinski definition) is 1. The van der Waals surface area contributed by atoms with E-state index in [2.05, 4.69) is 23.8 Å². The molecule has 0 aliphatic heterocycles. The molecule has 0 saturated heterocycles. The van der Waals surface area contributed by atoms with E-state index < -0.39 is 6.61 Å². The zero-order valence-corrected chi connectivity index (χ0v) is 14.4. The Hall–Kier alpha value is -2.75. The van der Waals surface area contributed by atoms with E-state index in [1.54, 1.807) is 18.2 Å². The Balaban J connectivity index is 1.83. The molecule has 0 unspecified atom stereocenters. The molecule has 26 heavy (non-hydrogen) atoms. The summed E-state index contributed by atoms with van der Waals surface area (Å²) < 4.78 is 43.3. The molecule has 0 spiro atoms. The predicted octanol–water partition coefficient (Wildman–Crippen LogP) is 6.71. The van der Waals surface area contributed by atoms with Gasteiger partial charge in [-0.25, -0.2) is 4.39 Å². The van der Waals surface area contributed by atoms with Crippen molar-refractivity contribution in [1.82, 2.24) is 0 Å². The van der Waals surface area contributed by atoms with E-state index in [0.717, 1.165) is 24.0 Å². The maximum absolute atomic E-state index is 14.6. The van der Waals surface area contributed by atoms with Gasteiger partial charge in [-0.1, -0.05) is 61.9 Å². The van der Waals surface area contributed by atoms with E-state index in [1.807, 2.05) is 18.2 Å². The third-order valence-corrected chi connectivity index (χ3v) is 4.19. The molecule has 0 atom stereocenters. The Morgan fingerprint density at radius 1 is 0.808 bits per heavy atom. The van der Waals surface area contributed by atoms with Gasteiger partial charge < -0.3 is 4.74 Å². The summed E-state index contributed by atoms with van der Waals surface area (Å²) in [5.41, 5.74) is 4.04. The second-order valence-electron chi connectivity index (χ2n) is 6.04. The van der Waals surface area contributed by atoms with Crippen LogP contribution < -0.4 is 4.74 Å². The van der Waals surface area contributed by atoms with Gasteiger partial charge in [-0.05, 0) is 46.9 Å². The van der Waals surface area contributed by atoms with Crippen LogP contribution >= 0.6 is 0 Å². The summed E-state index contributed by atoms with van der Waals surface area (Å²) in [6.07, 6.45) is 2.11. The molecule has 0 fully saturated rings. The molecule has 3 aromatic rings. The van der Waals surface area contributed by atoms with Crippen LogP contribution in [-0.4, -0.2) is 6.61 Å². The highest BCUT2D eigenvalue weighted by Crippen LogP contribution is 2.29. The number of ether oxygens (including phenoxy) is 1. The lowest BCUT2D eigenvalue weighted by molar-refractivity contribution is -0.0498. The van der Waals surface area contributed by atoms with E-state index in [1.165, 1.54) is 23.8 Å². The fourth-order valence-corrected chi connectivity index (χ4v) is 2.90. The lowest BCUT2D eigenvalue weighted by Crippen LogP contribution is -2.01. The maximum Gasteiger partial charge on any atom is 0.387 e. The Labute approximate surface area is 151 Å². The Bertz CT molecular complexity index is 856. The Kier molecular flexibility index (Phi) is 5.61. The van der Waals surface area contributed by atoms with Gasteiger partial charge in [0.15, 0.2) is 0 Å². The monoisotopic (exact) mass is 356 g/mol. The quantitative estimate of drug-likeness (QED) is 0.477. The molecule has 0 saturated carbocycles. The Morgan fingerprint density at radius 3 is 2.00 bits per heavy atom. The van der Waals surface area contributed by atoms with Gasteiger partial charge >= 0.3 is 6.61 Å². The highest BCUT2D eigenvalue weighted by molar-refractivity contribution is 5.71. The van der Waals surface area contributed by atoms with Crippen molar-refractivity contribution in [3.63, 3.8) is 0 Å². The first-order valence-electron chi connectivity index (χ1n) is 8.51. The maximum atomic E-state index is 14.6.